The third-order valence-corrected chi connectivity index (χ3v) is 4.18. The molecule has 0 unspecified atom stereocenters. The first kappa shape index (κ1) is 20.2. The summed E-state index contributed by atoms with van der Waals surface area (Å²) in [5.74, 6) is 2.94. The van der Waals surface area contributed by atoms with E-state index in [9.17, 15) is 0 Å². The molecule has 0 aliphatic rings. The van der Waals surface area contributed by atoms with E-state index in [4.69, 9.17) is 11.6 Å². The van der Waals surface area contributed by atoms with Crippen LogP contribution in [-0.4, -0.2) is 43.9 Å². The van der Waals surface area contributed by atoms with Crippen molar-refractivity contribution in [3.05, 3.63) is 29.3 Å². The van der Waals surface area contributed by atoms with Gasteiger partial charge in [-0.15, -0.1) is 35.7 Å². The molecule has 0 aliphatic carbocycles. The number of guanidine groups is 1. The van der Waals surface area contributed by atoms with E-state index in [0.29, 0.717) is 0 Å². The minimum absolute atomic E-state index is 0. The molecule has 0 atom stereocenters. The summed E-state index contributed by atoms with van der Waals surface area (Å²) >= 11 is 9.47. The second-order valence-electron chi connectivity index (χ2n) is 3.72. The van der Waals surface area contributed by atoms with Crippen LogP contribution in [0.1, 0.15) is 0 Å². The maximum atomic E-state index is 5.85. The Morgan fingerprint density at radius 2 is 1.75 bits per heavy atom. The van der Waals surface area contributed by atoms with Crippen LogP contribution in [0.15, 0.2) is 34.2 Å². The summed E-state index contributed by atoms with van der Waals surface area (Å²) in [7, 11) is 1.79. The Morgan fingerprint density at radius 1 is 1.15 bits per heavy atom. The number of benzene rings is 1. The Labute approximate surface area is 152 Å². The van der Waals surface area contributed by atoms with Crippen molar-refractivity contribution in [3.63, 3.8) is 0 Å². The number of aliphatic imine (C=N–C) groups is 1. The molecule has 0 saturated heterocycles. The van der Waals surface area contributed by atoms with Crippen LogP contribution in [0.4, 0.5) is 0 Å². The smallest absolute Gasteiger partial charge is 0.191 e. The van der Waals surface area contributed by atoms with Crippen LogP contribution in [0.25, 0.3) is 0 Å². The van der Waals surface area contributed by atoms with Gasteiger partial charge in [0.05, 0.1) is 0 Å². The summed E-state index contributed by atoms with van der Waals surface area (Å²) in [4.78, 5) is 5.41. The van der Waals surface area contributed by atoms with Gasteiger partial charge < -0.3 is 10.6 Å². The van der Waals surface area contributed by atoms with Gasteiger partial charge in [0.15, 0.2) is 5.96 Å². The summed E-state index contributed by atoms with van der Waals surface area (Å²) in [5.41, 5.74) is 0. The lowest BCUT2D eigenvalue weighted by Crippen LogP contribution is -2.39. The zero-order valence-electron chi connectivity index (χ0n) is 11.7. The third-order valence-electron chi connectivity index (χ3n) is 2.30. The molecule has 20 heavy (non-hydrogen) atoms. The maximum absolute atomic E-state index is 5.85. The van der Waals surface area contributed by atoms with Crippen LogP contribution in [0.3, 0.4) is 0 Å². The van der Waals surface area contributed by atoms with Gasteiger partial charge in [-0.1, -0.05) is 11.6 Å². The third kappa shape index (κ3) is 9.20. The number of halogens is 2. The quantitative estimate of drug-likeness (QED) is 0.221. The molecule has 0 aliphatic heterocycles. The van der Waals surface area contributed by atoms with Crippen LogP contribution >= 0.6 is 59.1 Å². The molecule has 7 heteroatoms. The van der Waals surface area contributed by atoms with Crippen LogP contribution in [0, 0.1) is 0 Å². The molecule has 0 bridgehead atoms. The number of nitrogens with one attached hydrogen (secondary N) is 2. The summed E-state index contributed by atoms with van der Waals surface area (Å²) < 4.78 is 0. The molecule has 1 aromatic rings. The number of hydrogen-bond acceptors (Lipinski definition) is 3. The lowest BCUT2D eigenvalue weighted by Gasteiger charge is -2.11. The van der Waals surface area contributed by atoms with E-state index in [1.807, 2.05) is 36.0 Å². The normalized spacial score (nSPS) is 10.8. The lowest BCUT2D eigenvalue weighted by atomic mass is 10.4. The van der Waals surface area contributed by atoms with E-state index in [0.717, 1.165) is 35.6 Å². The van der Waals surface area contributed by atoms with E-state index in [2.05, 4.69) is 21.9 Å². The average Bonchev–Trinajstić information content (AvgIpc) is 2.43. The molecule has 0 spiro atoms. The first-order chi connectivity index (χ1) is 9.26. The number of nitrogens with zero attached hydrogens (tertiary/aromatic N) is 1. The van der Waals surface area contributed by atoms with E-state index in [-0.39, 0.29) is 24.0 Å². The maximum Gasteiger partial charge on any atom is 0.191 e. The number of thioether (sulfide) groups is 2. The summed E-state index contributed by atoms with van der Waals surface area (Å²) in [5, 5.41) is 7.34. The molecule has 114 valence electrons. The van der Waals surface area contributed by atoms with Crippen LogP contribution in [0.5, 0.6) is 0 Å². The van der Waals surface area contributed by atoms with Gasteiger partial charge in [0.25, 0.3) is 0 Å². The molecule has 0 aromatic heterocycles. The molecule has 0 heterocycles. The van der Waals surface area contributed by atoms with Crippen LogP contribution < -0.4 is 10.6 Å². The van der Waals surface area contributed by atoms with Gasteiger partial charge in [0.1, 0.15) is 0 Å². The summed E-state index contributed by atoms with van der Waals surface area (Å²) in [6.07, 6.45) is 2.10. The molecular weight excluding hydrogens is 425 g/mol. The predicted octanol–water partition coefficient (Wildman–Crippen LogP) is 3.58. The lowest BCUT2D eigenvalue weighted by molar-refractivity contribution is 0.864. The van der Waals surface area contributed by atoms with Gasteiger partial charge >= 0.3 is 0 Å². The van der Waals surface area contributed by atoms with Crippen molar-refractivity contribution in [2.45, 2.75) is 4.90 Å². The Morgan fingerprint density at radius 3 is 2.30 bits per heavy atom. The Kier molecular flexibility index (Phi) is 13.0. The van der Waals surface area contributed by atoms with Crippen LogP contribution in [-0.2, 0) is 0 Å². The molecule has 3 nitrogen and oxygen atoms in total. The first-order valence-corrected chi connectivity index (χ1v) is 8.84. The summed E-state index contributed by atoms with van der Waals surface area (Å²) in [6.45, 7) is 1.82. The second-order valence-corrected chi connectivity index (χ2v) is 6.31. The topological polar surface area (TPSA) is 36.4 Å². The standard InChI is InChI=1S/C13H20ClN3S2.HI/c1-15-13(16-7-9-18-2)17-8-10-19-12-5-3-11(14)4-6-12;/h3-6H,7-10H2,1-2H3,(H2,15,16,17);1H. The average molecular weight is 446 g/mol. The minimum Gasteiger partial charge on any atom is -0.356 e. The molecule has 0 radical (unpaired) electrons. The highest BCUT2D eigenvalue weighted by Gasteiger charge is 1.97. The highest BCUT2D eigenvalue weighted by atomic mass is 127. The van der Waals surface area contributed by atoms with Crippen molar-refractivity contribution in [1.29, 1.82) is 0 Å². The van der Waals surface area contributed by atoms with Gasteiger partial charge in [-0.3, -0.25) is 4.99 Å². The molecule has 0 amide bonds. The zero-order valence-corrected chi connectivity index (χ0v) is 16.4. The number of rotatable bonds is 7. The first-order valence-electron chi connectivity index (χ1n) is 6.08. The number of hydrogen-bond donors (Lipinski definition) is 2. The molecule has 1 aromatic carbocycles. The van der Waals surface area contributed by atoms with Crippen molar-refractivity contribution in [2.75, 3.05) is 37.9 Å². The van der Waals surface area contributed by atoms with Crippen molar-refractivity contribution in [1.82, 2.24) is 10.6 Å². The van der Waals surface area contributed by atoms with Gasteiger partial charge in [0.2, 0.25) is 0 Å². The molecule has 2 N–H and O–H groups in total. The van der Waals surface area contributed by atoms with E-state index < -0.39 is 0 Å². The monoisotopic (exact) mass is 445 g/mol. The highest BCUT2D eigenvalue weighted by Crippen LogP contribution is 2.19. The molecule has 0 fully saturated rings. The van der Waals surface area contributed by atoms with Gasteiger partial charge in [-0.2, -0.15) is 11.8 Å². The highest BCUT2D eigenvalue weighted by molar-refractivity contribution is 14.0. The SMILES string of the molecule is CN=C(NCCSC)NCCSc1ccc(Cl)cc1.I. The predicted molar refractivity (Wildman–Crippen MR) is 105 cm³/mol. The Bertz CT molecular complexity index is 388. The van der Waals surface area contributed by atoms with Gasteiger partial charge in [0, 0.05) is 41.6 Å². The van der Waals surface area contributed by atoms with Crippen molar-refractivity contribution >= 4 is 65.1 Å². The van der Waals surface area contributed by atoms with Crippen molar-refractivity contribution < 1.29 is 0 Å². The van der Waals surface area contributed by atoms with Crippen molar-refractivity contribution in [2.24, 2.45) is 4.99 Å². The fraction of sp³-hybridized carbons (Fsp3) is 0.462. The largest absolute Gasteiger partial charge is 0.356 e. The van der Waals surface area contributed by atoms with E-state index in [1.54, 1.807) is 18.8 Å². The minimum atomic E-state index is 0. The van der Waals surface area contributed by atoms with Crippen molar-refractivity contribution in [3.8, 4) is 0 Å². The van der Waals surface area contributed by atoms with E-state index in [1.165, 1.54) is 4.90 Å². The zero-order chi connectivity index (χ0) is 13.9. The Hall–Kier alpha value is 0.210. The van der Waals surface area contributed by atoms with Gasteiger partial charge in [-0.25, -0.2) is 0 Å². The second kappa shape index (κ2) is 12.9. The fourth-order valence-electron chi connectivity index (χ4n) is 1.36. The van der Waals surface area contributed by atoms with Crippen LogP contribution in [0.2, 0.25) is 5.02 Å². The molecule has 1 rings (SSSR count). The molecular formula is C13H21ClIN3S2. The van der Waals surface area contributed by atoms with E-state index >= 15 is 0 Å². The fourth-order valence-corrected chi connectivity index (χ4v) is 2.56. The Balaban J connectivity index is 0.00000361. The van der Waals surface area contributed by atoms with Gasteiger partial charge in [-0.05, 0) is 30.5 Å². The summed E-state index contributed by atoms with van der Waals surface area (Å²) in [6, 6.07) is 7.91. The molecule has 0 saturated carbocycles.